The van der Waals surface area contributed by atoms with Gasteiger partial charge in [-0.1, -0.05) is 19.1 Å². The van der Waals surface area contributed by atoms with Gasteiger partial charge >= 0.3 is 0 Å². The lowest BCUT2D eigenvalue weighted by Gasteiger charge is -2.31. The zero-order valence-electron chi connectivity index (χ0n) is 19.0. The first-order chi connectivity index (χ1) is 15.9. The van der Waals surface area contributed by atoms with E-state index in [1.165, 1.54) is 0 Å². The van der Waals surface area contributed by atoms with E-state index < -0.39 is 18.2 Å². The zero-order chi connectivity index (χ0) is 23.1. The molecule has 2 aliphatic rings. The van der Waals surface area contributed by atoms with Crippen molar-refractivity contribution in [2.45, 2.75) is 51.4 Å². The number of thiazole rings is 1. The summed E-state index contributed by atoms with van der Waals surface area (Å²) in [5, 5.41) is 34.8. The first-order valence-electron chi connectivity index (χ1n) is 11.7. The number of rotatable bonds is 5. The van der Waals surface area contributed by atoms with Crippen LogP contribution in [-0.4, -0.2) is 68.2 Å². The minimum absolute atomic E-state index is 0.166. The second-order valence-corrected chi connectivity index (χ2v) is 10.4. The number of nitrogens with zero attached hydrogens (tertiary/aromatic N) is 4. The third-order valence-electron chi connectivity index (χ3n) is 7.01. The summed E-state index contributed by atoms with van der Waals surface area (Å²) in [6, 6.07) is 7.59. The Morgan fingerprint density at radius 1 is 1.09 bits per heavy atom. The average molecular weight is 470 g/mol. The van der Waals surface area contributed by atoms with Gasteiger partial charge in [0, 0.05) is 25.6 Å². The quantitative estimate of drug-likeness (QED) is 0.451. The maximum Gasteiger partial charge on any atom is 0.227 e. The van der Waals surface area contributed by atoms with Crippen LogP contribution in [0.4, 0.5) is 11.8 Å². The number of aliphatic hydroxyl groups excluding tert-OH is 3. The first kappa shape index (κ1) is 22.5. The number of anilines is 2. The third kappa shape index (κ3) is 4.30. The van der Waals surface area contributed by atoms with Gasteiger partial charge in [0.25, 0.3) is 0 Å². The molecule has 2 fully saturated rings. The normalized spacial score (nSPS) is 26.3. The van der Waals surface area contributed by atoms with Crippen molar-refractivity contribution in [1.82, 2.24) is 15.0 Å². The summed E-state index contributed by atoms with van der Waals surface area (Å²) >= 11 is 1.59. The van der Waals surface area contributed by atoms with E-state index in [0.717, 1.165) is 52.4 Å². The Balaban J connectivity index is 1.55. The van der Waals surface area contributed by atoms with E-state index in [9.17, 15) is 15.3 Å². The summed E-state index contributed by atoms with van der Waals surface area (Å²) < 4.78 is 1.09. The van der Waals surface area contributed by atoms with Crippen LogP contribution in [0.25, 0.3) is 20.8 Å². The molecule has 33 heavy (non-hydrogen) atoms. The SMILES string of the molecule is Cc1nc(N2CCC(C)CC2)nc(N[C@@H]2C[C@H](CO)[C@@H](O)[C@H]2O)c1-c1nc2ccccc2s1. The number of aliphatic hydroxyl groups is 3. The van der Waals surface area contributed by atoms with E-state index in [4.69, 9.17) is 15.0 Å². The number of aryl methyl sites for hydroxylation is 1. The predicted molar refractivity (Wildman–Crippen MR) is 131 cm³/mol. The standard InChI is InChI=1S/C24H31N5O3S/c1-13-7-9-29(10-8-13)24-25-14(2)19(23-27-16-5-3-4-6-18(16)33-23)22(28-24)26-17-11-15(12-30)20(31)21(17)32/h3-6,13,15,17,20-21,30-32H,7-12H2,1-2H3,(H,25,26,28)/t15-,17-,20-,21+/m1/s1. The van der Waals surface area contributed by atoms with Gasteiger partial charge in [-0.25, -0.2) is 9.97 Å². The molecule has 8 nitrogen and oxygen atoms in total. The molecule has 0 amide bonds. The van der Waals surface area contributed by atoms with Crippen molar-refractivity contribution >= 4 is 33.3 Å². The highest BCUT2D eigenvalue weighted by atomic mass is 32.1. The molecule has 0 bridgehead atoms. The molecule has 0 spiro atoms. The number of hydrogen-bond donors (Lipinski definition) is 4. The lowest BCUT2D eigenvalue weighted by Crippen LogP contribution is -2.37. The highest BCUT2D eigenvalue weighted by Crippen LogP contribution is 2.38. The van der Waals surface area contributed by atoms with E-state index >= 15 is 0 Å². The maximum absolute atomic E-state index is 10.6. The second-order valence-electron chi connectivity index (χ2n) is 9.40. The lowest BCUT2D eigenvalue weighted by molar-refractivity contribution is 0.00446. The summed E-state index contributed by atoms with van der Waals surface area (Å²) in [6.07, 6.45) is 0.717. The minimum Gasteiger partial charge on any atom is -0.396 e. The second kappa shape index (κ2) is 9.13. The van der Waals surface area contributed by atoms with Gasteiger partial charge in [-0.2, -0.15) is 4.98 Å². The summed E-state index contributed by atoms with van der Waals surface area (Å²) in [5.41, 5.74) is 2.57. The topological polar surface area (TPSA) is 115 Å². The Hall–Kier alpha value is -2.33. The van der Waals surface area contributed by atoms with E-state index in [-0.39, 0.29) is 12.5 Å². The van der Waals surface area contributed by atoms with Gasteiger partial charge in [-0.15, -0.1) is 11.3 Å². The van der Waals surface area contributed by atoms with Gasteiger partial charge in [0.1, 0.15) is 16.9 Å². The summed E-state index contributed by atoms with van der Waals surface area (Å²) in [5.74, 6) is 1.63. The van der Waals surface area contributed by atoms with Gasteiger partial charge in [0.05, 0.1) is 33.6 Å². The van der Waals surface area contributed by atoms with E-state index in [0.29, 0.717) is 24.1 Å². The predicted octanol–water partition coefficient (Wildman–Crippen LogP) is 2.81. The molecule has 3 heterocycles. The molecule has 4 atom stereocenters. The number of nitrogens with one attached hydrogen (secondary N) is 1. The molecule has 9 heteroatoms. The number of para-hydroxylation sites is 1. The number of benzene rings is 1. The molecular weight excluding hydrogens is 438 g/mol. The van der Waals surface area contributed by atoms with Crippen molar-refractivity contribution in [3.8, 4) is 10.6 Å². The molecule has 2 aromatic heterocycles. The van der Waals surface area contributed by atoms with Gasteiger partial charge in [-0.05, 0) is 44.2 Å². The lowest BCUT2D eigenvalue weighted by atomic mass is 10.00. The van der Waals surface area contributed by atoms with Crippen molar-refractivity contribution in [1.29, 1.82) is 0 Å². The van der Waals surface area contributed by atoms with Crippen LogP contribution in [0.5, 0.6) is 0 Å². The van der Waals surface area contributed by atoms with Crippen LogP contribution in [0.15, 0.2) is 24.3 Å². The Morgan fingerprint density at radius 2 is 1.85 bits per heavy atom. The molecule has 1 saturated carbocycles. The minimum atomic E-state index is -0.986. The highest BCUT2D eigenvalue weighted by molar-refractivity contribution is 7.21. The monoisotopic (exact) mass is 469 g/mol. The Bertz CT molecular complexity index is 1100. The highest BCUT2D eigenvalue weighted by Gasteiger charge is 2.41. The third-order valence-corrected chi connectivity index (χ3v) is 8.06. The molecule has 3 aromatic rings. The molecule has 1 aliphatic heterocycles. The number of hydrogen-bond acceptors (Lipinski definition) is 9. The summed E-state index contributed by atoms with van der Waals surface area (Å²) in [7, 11) is 0. The Kier molecular flexibility index (Phi) is 6.22. The molecule has 0 radical (unpaired) electrons. The molecule has 5 rings (SSSR count). The van der Waals surface area contributed by atoms with Crippen molar-refractivity contribution in [2.24, 2.45) is 11.8 Å². The van der Waals surface area contributed by atoms with Crippen molar-refractivity contribution < 1.29 is 15.3 Å². The van der Waals surface area contributed by atoms with Gasteiger partial charge in [0.15, 0.2) is 0 Å². The summed E-state index contributed by atoms with van der Waals surface area (Å²) in [4.78, 5) is 16.8. The van der Waals surface area contributed by atoms with Crippen LogP contribution in [-0.2, 0) is 0 Å². The van der Waals surface area contributed by atoms with Crippen molar-refractivity contribution in [3.63, 3.8) is 0 Å². The molecular formula is C24H31N5O3S. The van der Waals surface area contributed by atoms with Crippen molar-refractivity contribution in [3.05, 3.63) is 30.0 Å². The average Bonchev–Trinajstić information content (AvgIpc) is 3.35. The fourth-order valence-corrected chi connectivity index (χ4v) is 5.94. The van der Waals surface area contributed by atoms with Crippen molar-refractivity contribution in [2.75, 3.05) is 29.9 Å². The van der Waals surface area contributed by atoms with Crippen LogP contribution in [0.3, 0.4) is 0 Å². The van der Waals surface area contributed by atoms with Crippen LogP contribution < -0.4 is 10.2 Å². The van der Waals surface area contributed by atoms with E-state index in [1.54, 1.807) is 11.3 Å². The van der Waals surface area contributed by atoms with Crippen LogP contribution >= 0.6 is 11.3 Å². The molecule has 1 aromatic carbocycles. The largest absolute Gasteiger partial charge is 0.396 e. The fourth-order valence-electron chi connectivity index (χ4n) is 4.87. The van der Waals surface area contributed by atoms with Gasteiger partial charge in [0.2, 0.25) is 5.95 Å². The fraction of sp³-hybridized carbons (Fsp3) is 0.542. The number of aromatic nitrogens is 3. The number of piperidine rings is 1. The zero-order valence-corrected chi connectivity index (χ0v) is 19.8. The number of fused-ring (bicyclic) bond motifs is 1. The van der Waals surface area contributed by atoms with Gasteiger partial charge in [-0.3, -0.25) is 0 Å². The van der Waals surface area contributed by atoms with Crippen LogP contribution in [0.1, 0.15) is 31.9 Å². The summed E-state index contributed by atoms with van der Waals surface area (Å²) in [6.45, 7) is 5.91. The maximum atomic E-state index is 10.6. The van der Waals surface area contributed by atoms with E-state index in [1.807, 2.05) is 31.2 Å². The Labute approximate surface area is 197 Å². The molecule has 4 N–H and O–H groups in total. The van der Waals surface area contributed by atoms with Gasteiger partial charge < -0.3 is 25.5 Å². The smallest absolute Gasteiger partial charge is 0.227 e. The molecule has 1 saturated heterocycles. The van der Waals surface area contributed by atoms with Crippen LogP contribution in [0, 0.1) is 18.8 Å². The molecule has 0 unspecified atom stereocenters. The Morgan fingerprint density at radius 3 is 2.55 bits per heavy atom. The first-order valence-corrected chi connectivity index (χ1v) is 12.5. The molecule has 1 aliphatic carbocycles. The van der Waals surface area contributed by atoms with E-state index in [2.05, 4.69) is 17.1 Å². The van der Waals surface area contributed by atoms with Crippen LogP contribution in [0.2, 0.25) is 0 Å². The molecule has 176 valence electrons.